The van der Waals surface area contributed by atoms with Gasteiger partial charge in [-0.25, -0.2) is 0 Å². The number of rotatable bonds is 7. The maximum Gasteiger partial charge on any atom is 0.227 e. The summed E-state index contributed by atoms with van der Waals surface area (Å²) in [6.45, 7) is 11.0. The summed E-state index contributed by atoms with van der Waals surface area (Å²) in [5.74, 6) is 0.301. The fourth-order valence-corrected chi connectivity index (χ4v) is 4.13. The fourth-order valence-electron chi connectivity index (χ4n) is 4.13. The Kier molecular flexibility index (Phi) is 7.08. The van der Waals surface area contributed by atoms with E-state index < -0.39 is 0 Å². The van der Waals surface area contributed by atoms with Gasteiger partial charge in [0, 0.05) is 44.8 Å². The maximum atomic E-state index is 12.7. The Morgan fingerprint density at radius 3 is 2.82 bits per heavy atom. The van der Waals surface area contributed by atoms with Crippen molar-refractivity contribution in [2.24, 2.45) is 11.8 Å². The smallest absolute Gasteiger partial charge is 0.227 e. The molecule has 1 aromatic rings. The number of anilines is 1. The first-order chi connectivity index (χ1) is 13.5. The van der Waals surface area contributed by atoms with Gasteiger partial charge in [0.2, 0.25) is 11.8 Å². The molecule has 6 nitrogen and oxygen atoms in total. The molecule has 1 N–H and O–H groups in total. The monoisotopic (exact) mass is 387 g/mol. The summed E-state index contributed by atoms with van der Waals surface area (Å²) < 4.78 is 5.81. The fraction of sp³-hybridized carbons (Fsp3) is 0.636. The molecule has 0 bridgehead atoms. The van der Waals surface area contributed by atoms with E-state index in [2.05, 4.69) is 31.0 Å². The predicted molar refractivity (Wildman–Crippen MR) is 110 cm³/mol. The predicted octanol–water partition coefficient (Wildman–Crippen LogP) is 2.07. The zero-order valence-electron chi connectivity index (χ0n) is 17.3. The van der Waals surface area contributed by atoms with E-state index in [1.165, 1.54) is 0 Å². The lowest BCUT2D eigenvalue weighted by atomic mass is 10.1. The molecule has 2 amide bonds. The summed E-state index contributed by atoms with van der Waals surface area (Å²) in [6.07, 6.45) is 1.16. The Balaban J connectivity index is 1.52. The van der Waals surface area contributed by atoms with Crippen molar-refractivity contribution in [3.05, 3.63) is 29.8 Å². The topological polar surface area (TPSA) is 61.9 Å². The number of nitrogens with zero attached hydrogens (tertiary/aromatic N) is 2. The minimum absolute atomic E-state index is 0.0190. The van der Waals surface area contributed by atoms with Crippen molar-refractivity contribution < 1.29 is 14.3 Å². The molecule has 0 aromatic heterocycles. The summed E-state index contributed by atoms with van der Waals surface area (Å²) >= 11 is 0. The van der Waals surface area contributed by atoms with Crippen LogP contribution in [0.1, 0.15) is 32.8 Å². The van der Waals surface area contributed by atoms with Crippen molar-refractivity contribution in [2.45, 2.75) is 39.7 Å². The molecule has 0 aliphatic carbocycles. The van der Waals surface area contributed by atoms with Crippen molar-refractivity contribution in [1.82, 2.24) is 10.2 Å². The van der Waals surface area contributed by atoms with Crippen LogP contribution in [0.3, 0.4) is 0 Å². The van der Waals surface area contributed by atoms with E-state index in [0.717, 1.165) is 37.3 Å². The summed E-state index contributed by atoms with van der Waals surface area (Å²) in [6, 6.07) is 7.94. The zero-order valence-corrected chi connectivity index (χ0v) is 17.3. The molecule has 2 aliphatic rings. The van der Waals surface area contributed by atoms with Crippen LogP contribution >= 0.6 is 0 Å². The van der Waals surface area contributed by atoms with Crippen LogP contribution in [0.5, 0.6) is 0 Å². The summed E-state index contributed by atoms with van der Waals surface area (Å²) in [5, 5.41) is 3.02. The minimum Gasteiger partial charge on any atom is -0.374 e. The van der Waals surface area contributed by atoms with Gasteiger partial charge >= 0.3 is 0 Å². The van der Waals surface area contributed by atoms with Crippen LogP contribution in [0, 0.1) is 11.8 Å². The molecule has 2 atom stereocenters. The highest BCUT2D eigenvalue weighted by Crippen LogP contribution is 2.28. The van der Waals surface area contributed by atoms with Gasteiger partial charge in [-0.3, -0.25) is 14.5 Å². The Hall–Kier alpha value is -1.92. The van der Waals surface area contributed by atoms with Gasteiger partial charge in [-0.15, -0.1) is 0 Å². The van der Waals surface area contributed by atoms with Gasteiger partial charge in [0.05, 0.1) is 18.6 Å². The first kappa shape index (κ1) is 20.8. The van der Waals surface area contributed by atoms with Gasteiger partial charge in [0.15, 0.2) is 0 Å². The number of benzene rings is 1. The molecule has 28 heavy (non-hydrogen) atoms. The molecule has 2 heterocycles. The molecule has 2 aliphatic heterocycles. The van der Waals surface area contributed by atoms with E-state index in [1.54, 1.807) is 4.90 Å². The Morgan fingerprint density at radius 2 is 2.07 bits per heavy atom. The third-order valence-corrected chi connectivity index (χ3v) is 5.51. The highest BCUT2D eigenvalue weighted by molar-refractivity contribution is 6.00. The second kappa shape index (κ2) is 9.52. The standard InChI is InChI=1S/C22H33N3O3/c1-4-17-7-5-6-8-20(17)25-14-18(11-21(25)26)22(27)23-12-19-15-24(9-10-28-19)13-16(2)3/h5-8,16,18-19H,4,9-15H2,1-3H3,(H,23,27). The number of ether oxygens (including phenoxy) is 1. The number of aryl methyl sites for hydroxylation is 1. The number of hydrogen-bond acceptors (Lipinski definition) is 4. The van der Waals surface area contributed by atoms with Crippen LogP contribution in [0.4, 0.5) is 5.69 Å². The largest absolute Gasteiger partial charge is 0.374 e. The number of carbonyl (C=O) groups excluding carboxylic acids is 2. The Bertz CT molecular complexity index is 691. The van der Waals surface area contributed by atoms with Crippen molar-refractivity contribution >= 4 is 17.5 Å². The van der Waals surface area contributed by atoms with E-state index in [9.17, 15) is 9.59 Å². The van der Waals surface area contributed by atoms with Gasteiger partial charge in [-0.2, -0.15) is 0 Å². The van der Waals surface area contributed by atoms with Crippen molar-refractivity contribution in [2.75, 3.05) is 44.2 Å². The molecular weight excluding hydrogens is 354 g/mol. The molecule has 0 radical (unpaired) electrons. The van der Waals surface area contributed by atoms with Crippen LogP contribution in [0.2, 0.25) is 0 Å². The van der Waals surface area contributed by atoms with Crippen LogP contribution in [-0.2, 0) is 20.7 Å². The van der Waals surface area contributed by atoms with Gasteiger partial charge in [0.25, 0.3) is 0 Å². The number of amides is 2. The average Bonchev–Trinajstić information content (AvgIpc) is 3.07. The lowest BCUT2D eigenvalue weighted by Gasteiger charge is -2.34. The first-order valence-electron chi connectivity index (χ1n) is 10.5. The molecule has 2 fully saturated rings. The second-order valence-corrected chi connectivity index (χ2v) is 8.28. The van der Waals surface area contributed by atoms with Crippen molar-refractivity contribution in [1.29, 1.82) is 0 Å². The van der Waals surface area contributed by atoms with E-state index in [-0.39, 0.29) is 30.3 Å². The normalized spacial score (nSPS) is 23.4. The van der Waals surface area contributed by atoms with Crippen LogP contribution in [0.15, 0.2) is 24.3 Å². The molecule has 2 unspecified atom stereocenters. The molecule has 3 rings (SSSR count). The van der Waals surface area contributed by atoms with Crippen molar-refractivity contribution in [3.63, 3.8) is 0 Å². The number of hydrogen-bond donors (Lipinski definition) is 1. The first-order valence-corrected chi connectivity index (χ1v) is 10.5. The average molecular weight is 388 g/mol. The lowest BCUT2D eigenvalue weighted by molar-refractivity contribution is -0.127. The molecule has 0 saturated carbocycles. The summed E-state index contributed by atoms with van der Waals surface area (Å²) in [5.41, 5.74) is 2.07. The molecule has 0 spiro atoms. The zero-order chi connectivity index (χ0) is 20.1. The molecule has 154 valence electrons. The third-order valence-electron chi connectivity index (χ3n) is 5.51. The van der Waals surface area contributed by atoms with Gasteiger partial charge in [0.1, 0.15) is 0 Å². The number of carbonyl (C=O) groups is 2. The quantitative estimate of drug-likeness (QED) is 0.778. The van der Waals surface area contributed by atoms with Gasteiger partial charge in [-0.1, -0.05) is 39.0 Å². The van der Waals surface area contributed by atoms with E-state index >= 15 is 0 Å². The Labute approximate surface area is 168 Å². The van der Waals surface area contributed by atoms with Gasteiger partial charge < -0.3 is 15.0 Å². The molecule has 1 aromatic carbocycles. The summed E-state index contributed by atoms with van der Waals surface area (Å²) in [4.78, 5) is 29.4. The van der Waals surface area contributed by atoms with Crippen LogP contribution in [0.25, 0.3) is 0 Å². The third kappa shape index (κ3) is 5.11. The van der Waals surface area contributed by atoms with E-state index in [4.69, 9.17) is 4.74 Å². The van der Waals surface area contributed by atoms with Crippen LogP contribution in [-0.4, -0.2) is 62.1 Å². The number of para-hydroxylation sites is 1. The molecule has 2 saturated heterocycles. The van der Waals surface area contributed by atoms with Gasteiger partial charge in [-0.05, 0) is 24.0 Å². The van der Waals surface area contributed by atoms with Crippen LogP contribution < -0.4 is 10.2 Å². The summed E-state index contributed by atoms with van der Waals surface area (Å²) in [7, 11) is 0. The lowest BCUT2D eigenvalue weighted by Crippen LogP contribution is -2.49. The number of morpholine rings is 1. The van der Waals surface area contributed by atoms with E-state index in [1.807, 2.05) is 24.3 Å². The second-order valence-electron chi connectivity index (χ2n) is 8.28. The maximum absolute atomic E-state index is 12.7. The number of nitrogens with one attached hydrogen (secondary N) is 1. The highest BCUT2D eigenvalue weighted by Gasteiger charge is 2.36. The SMILES string of the molecule is CCc1ccccc1N1CC(C(=O)NCC2CN(CC(C)C)CCO2)CC1=O. The minimum atomic E-state index is -0.298. The highest BCUT2D eigenvalue weighted by atomic mass is 16.5. The van der Waals surface area contributed by atoms with E-state index in [0.29, 0.717) is 25.6 Å². The Morgan fingerprint density at radius 1 is 1.29 bits per heavy atom. The van der Waals surface area contributed by atoms with Crippen molar-refractivity contribution in [3.8, 4) is 0 Å². The molecule has 6 heteroatoms. The molecular formula is C22H33N3O3.